The lowest BCUT2D eigenvalue weighted by Crippen LogP contribution is -2.24. The second-order valence-electron chi connectivity index (χ2n) is 6.71. The van der Waals surface area contributed by atoms with E-state index in [-0.39, 0.29) is 11.8 Å². The first-order valence-electron chi connectivity index (χ1n) is 8.95. The number of aromatic nitrogens is 3. The molecule has 1 heterocycles. The maximum Gasteiger partial charge on any atom is 0.407 e. The lowest BCUT2D eigenvalue weighted by atomic mass is 10.0. The fourth-order valence-electron chi connectivity index (χ4n) is 3.68. The molecule has 13 heteroatoms. The summed E-state index contributed by atoms with van der Waals surface area (Å²) >= 11 is 0. The topological polar surface area (TPSA) is 128 Å². The minimum atomic E-state index is -4.20. The van der Waals surface area contributed by atoms with Crippen LogP contribution < -0.4 is 10.2 Å². The summed E-state index contributed by atoms with van der Waals surface area (Å²) in [5.41, 5.74) is 2.32. The van der Waals surface area contributed by atoms with Crippen LogP contribution in [0.3, 0.4) is 0 Å². The number of ether oxygens (including phenoxy) is 1. The van der Waals surface area contributed by atoms with E-state index in [4.69, 9.17) is 4.74 Å². The normalized spacial score (nSPS) is 25.6. The molecule has 3 rings (SSSR count). The van der Waals surface area contributed by atoms with Crippen molar-refractivity contribution in [1.29, 1.82) is 0 Å². The molecule has 1 saturated carbocycles. The minimum absolute atomic E-state index is 0.0891. The molecule has 1 N–H and O–H groups in total. The maximum absolute atomic E-state index is 11.8. The van der Waals surface area contributed by atoms with Crippen molar-refractivity contribution in [2.75, 3.05) is 25.5 Å². The van der Waals surface area contributed by atoms with Gasteiger partial charge in [-0.25, -0.2) is 4.79 Å². The molecule has 158 valence electrons. The summed E-state index contributed by atoms with van der Waals surface area (Å²) in [6.07, 6.45) is 3.57. The molecule has 0 spiro atoms. The van der Waals surface area contributed by atoms with Crippen LogP contribution >= 0.6 is 29.4 Å². The van der Waals surface area contributed by atoms with Gasteiger partial charge in [0.1, 0.15) is 5.94 Å². The summed E-state index contributed by atoms with van der Waals surface area (Å²) in [4.78, 5) is 22.8. The zero-order valence-corrected chi connectivity index (χ0v) is 18.3. The molecular formula is C15H24N4O6PS2-. The maximum atomic E-state index is 11.8. The lowest BCUT2D eigenvalue weighted by molar-refractivity contribution is -0.221. The van der Waals surface area contributed by atoms with Gasteiger partial charge in [0, 0.05) is 14.2 Å². The quantitative estimate of drug-likeness (QED) is 0.256. The number of hydrogen-bond acceptors (Lipinski definition) is 10. The predicted octanol–water partition coefficient (Wildman–Crippen LogP) is 1.71. The smallest absolute Gasteiger partial charge is 0.407 e. The number of fused-ring (bicyclic) bond motifs is 2. The Morgan fingerprint density at radius 3 is 2.86 bits per heavy atom. The predicted molar refractivity (Wildman–Crippen MR) is 103 cm³/mol. The van der Waals surface area contributed by atoms with Gasteiger partial charge in [-0.3, -0.25) is 9.25 Å². The molecule has 1 unspecified atom stereocenters. The molecule has 2 aliphatic carbocycles. The number of phosphoric ester groups is 1. The summed E-state index contributed by atoms with van der Waals surface area (Å²) in [7, 11) is 1.17. The molecule has 10 nitrogen and oxygen atoms in total. The Morgan fingerprint density at radius 2 is 2.11 bits per heavy atom. The Labute approximate surface area is 171 Å². The van der Waals surface area contributed by atoms with Crippen molar-refractivity contribution in [2.45, 2.75) is 25.7 Å². The summed E-state index contributed by atoms with van der Waals surface area (Å²) in [6, 6.07) is 0. The summed E-state index contributed by atoms with van der Waals surface area (Å²) < 4.78 is 26.9. The third kappa shape index (κ3) is 5.87. The van der Waals surface area contributed by atoms with Gasteiger partial charge in [-0.1, -0.05) is 26.8 Å². The minimum Gasteiger partial charge on any atom is -0.756 e. The van der Waals surface area contributed by atoms with Crippen molar-refractivity contribution in [3.63, 3.8) is 0 Å². The molecule has 28 heavy (non-hydrogen) atoms. The van der Waals surface area contributed by atoms with Crippen LogP contribution in [-0.2, 0) is 38.2 Å². The SMILES string of the molecule is COP(=O)([O-])OCSSCNC(=O)OC[C@@H]1[C@@H]2CCc3nnn(C)c3CC[C@@H]21. The van der Waals surface area contributed by atoms with E-state index in [1.54, 1.807) is 0 Å². The molecule has 2 aliphatic rings. The fourth-order valence-corrected chi connectivity index (χ4v) is 5.82. The number of rotatable bonds is 9. The molecular weight excluding hydrogens is 427 g/mol. The Hall–Kier alpha value is -0.780. The van der Waals surface area contributed by atoms with Crippen LogP contribution in [0, 0.1) is 17.8 Å². The summed E-state index contributed by atoms with van der Waals surface area (Å²) in [5, 5.41) is 11.0. The van der Waals surface area contributed by atoms with E-state index >= 15 is 0 Å². The molecule has 4 atom stereocenters. The highest BCUT2D eigenvalue weighted by molar-refractivity contribution is 8.76. The molecule has 1 fully saturated rings. The number of carbonyl (C=O) groups excluding carboxylic acids is 1. The number of carbonyl (C=O) groups is 1. The van der Waals surface area contributed by atoms with Gasteiger partial charge in [0.15, 0.2) is 0 Å². The summed E-state index contributed by atoms with van der Waals surface area (Å²) in [5.74, 6) is 1.81. The van der Waals surface area contributed by atoms with Crippen LogP contribution in [0.2, 0.25) is 0 Å². The van der Waals surface area contributed by atoms with Crippen molar-refractivity contribution in [1.82, 2.24) is 20.3 Å². The van der Waals surface area contributed by atoms with Crippen LogP contribution in [0.5, 0.6) is 0 Å². The Balaban J connectivity index is 1.28. The van der Waals surface area contributed by atoms with Gasteiger partial charge in [0.25, 0.3) is 7.82 Å². The average Bonchev–Trinajstić information content (AvgIpc) is 3.19. The molecule has 0 radical (unpaired) electrons. The zero-order valence-electron chi connectivity index (χ0n) is 15.7. The molecule has 0 saturated heterocycles. The van der Waals surface area contributed by atoms with Crippen LogP contribution in [0.4, 0.5) is 4.79 Å². The highest BCUT2D eigenvalue weighted by Gasteiger charge is 2.50. The molecule has 1 amide bonds. The van der Waals surface area contributed by atoms with E-state index in [1.807, 2.05) is 11.7 Å². The van der Waals surface area contributed by atoms with Crippen LogP contribution in [0.15, 0.2) is 0 Å². The van der Waals surface area contributed by atoms with E-state index in [1.165, 1.54) is 16.5 Å². The standard InChI is InChI=1S/C15H25N4O6PS2/c1-19-14-6-4-11-10(3-5-13(14)17-18-19)12(11)7-24-15(20)16-8-27-28-9-25-26(21,22)23-2/h10-12H,3-9H2,1-2H3,(H,16,20)(H,21,22)/p-1/t10-,11+,12-/m1/s1. The molecule has 1 aromatic rings. The Morgan fingerprint density at radius 1 is 1.36 bits per heavy atom. The van der Waals surface area contributed by atoms with Gasteiger partial charge in [-0.2, -0.15) is 0 Å². The number of aryl methyl sites for hydroxylation is 2. The number of nitrogens with zero attached hydrogens (tertiary/aromatic N) is 3. The molecule has 0 bridgehead atoms. The Kier molecular flexibility index (Phi) is 7.68. The molecule has 0 aliphatic heterocycles. The first-order chi connectivity index (χ1) is 13.4. The lowest BCUT2D eigenvalue weighted by Gasteiger charge is -2.19. The molecule has 1 aromatic heterocycles. The third-order valence-corrected chi connectivity index (χ3v) is 8.06. The van der Waals surface area contributed by atoms with Crippen molar-refractivity contribution in [3.05, 3.63) is 11.4 Å². The first-order valence-corrected chi connectivity index (χ1v) is 12.9. The van der Waals surface area contributed by atoms with Gasteiger partial charge >= 0.3 is 6.09 Å². The number of phosphoric acid groups is 1. The number of hydrogen-bond donors (Lipinski definition) is 1. The summed E-state index contributed by atoms with van der Waals surface area (Å²) in [6.45, 7) is 0.428. The second-order valence-corrected chi connectivity index (χ2v) is 10.6. The van der Waals surface area contributed by atoms with Gasteiger partial charge in [-0.15, -0.1) is 5.10 Å². The van der Waals surface area contributed by atoms with Crippen LogP contribution in [-0.4, -0.2) is 46.6 Å². The average molecular weight is 451 g/mol. The van der Waals surface area contributed by atoms with Gasteiger partial charge in [0.2, 0.25) is 0 Å². The van der Waals surface area contributed by atoms with Crippen LogP contribution in [0.1, 0.15) is 24.2 Å². The van der Waals surface area contributed by atoms with E-state index in [0.717, 1.165) is 49.3 Å². The van der Waals surface area contributed by atoms with E-state index in [2.05, 4.69) is 24.7 Å². The second kappa shape index (κ2) is 9.82. The van der Waals surface area contributed by atoms with E-state index in [0.29, 0.717) is 24.4 Å². The van der Waals surface area contributed by atoms with Crippen molar-refractivity contribution in [2.24, 2.45) is 24.8 Å². The highest BCUT2D eigenvalue weighted by Crippen LogP contribution is 2.52. The monoisotopic (exact) mass is 451 g/mol. The zero-order chi connectivity index (χ0) is 20.1. The van der Waals surface area contributed by atoms with Gasteiger partial charge in [-0.05, 0) is 43.4 Å². The van der Waals surface area contributed by atoms with E-state index < -0.39 is 13.9 Å². The number of nitrogens with one attached hydrogen (secondary N) is 1. The largest absolute Gasteiger partial charge is 0.756 e. The van der Waals surface area contributed by atoms with Crippen LogP contribution in [0.25, 0.3) is 0 Å². The fraction of sp³-hybridized carbons (Fsp3) is 0.800. The highest BCUT2D eigenvalue weighted by atomic mass is 33.1. The first kappa shape index (κ1) is 21.9. The third-order valence-electron chi connectivity index (χ3n) is 5.21. The van der Waals surface area contributed by atoms with Gasteiger partial charge in [0.05, 0.1) is 23.9 Å². The van der Waals surface area contributed by atoms with Crippen molar-refractivity contribution in [3.8, 4) is 0 Å². The van der Waals surface area contributed by atoms with Crippen molar-refractivity contribution >= 4 is 35.5 Å². The number of amides is 1. The van der Waals surface area contributed by atoms with Crippen molar-refractivity contribution < 1.29 is 28.0 Å². The Bertz CT molecular complexity index is 735. The van der Waals surface area contributed by atoms with Gasteiger partial charge < -0.3 is 24.0 Å². The van der Waals surface area contributed by atoms with E-state index in [9.17, 15) is 14.3 Å². The number of alkyl carbamates (subject to hydrolysis) is 1. The molecule has 0 aromatic carbocycles.